The maximum Gasteiger partial charge on any atom is 0.263 e. The zero-order chi connectivity index (χ0) is 25.7. The number of hydrogen-bond donors (Lipinski definition) is 3. The van der Waals surface area contributed by atoms with Gasteiger partial charge >= 0.3 is 0 Å². The van der Waals surface area contributed by atoms with Crippen LogP contribution >= 0.6 is 0 Å². The summed E-state index contributed by atoms with van der Waals surface area (Å²) in [6, 6.07) is 9.08. The van der Waals surface area contributed by atoms with E-state index in [-0.39, 0.29) is 29.5 Å². The van der Waals surface area contributed by atoms with E-state index in [1.165, 1.54) is 23.9 Å². The molecule has 3 heterocycles. The van der Waals surface area contributed by atoms with Crippen LogP contribution in [0.1, 0.15) is 58.9 Å². The fourth-order valence-corrected chi connectivity index (χ4v) is 4.88. The van der Waals surface area contributed by atoms with E-state index in [4.69, 9.17) is 0 Å². The van der Waals surface area contributed by atoms with Gasteiger partial charge in [0, 0.05) is 56.9 Å². The van der Waals surface area contributed by atoms with Crippen LogP contribution in [0.3, 0.4) is 0 Å². The van der Waals surface area contributed by atoms with E-state index in [0.717, 1.165) is 55.2 Å². The van der Waals surface area contributed by atoms with Crippen LogP contribution < -0.4 is 16.2 Å². The number of carbonyl (C=O) groups is 3. The van der Waals surface area contributed by atoms with Crippen LogP contribution in [0.4, 0.5) is 0 Å². The van der Waals surface area contributed by atoms with E-state index in [0.29, 0.717) is 12.5 Å². The molecule has 1 saturated heterocycles. The molecular formula is C27H33N5O4. The van der Waals surface area contributed by atoms with E-state index in [2.05, 4.69) is 15.6 Å². The van der Waals surface area contributed by atoms with Crippen LogP contribution in [0.15, 0.2) is 47.5 Å². The first-order valence-electron chi connectivity index (χ1n) is 12.4. The van der Waals surface area contributed by atoms with Gasteiger partial charge in [-0.15, -0.1) is 0 Å². The SMILES string of the molecule is CNC(=O)c1cc(C(=O)NCCCC2CCN(C(C)=O)CC2)cn(Cc2cccc3[nH]ccc23)c1=O. The number of amides is 3. The number of pyridine rings is 1. The molecule has 9 heteroatoms. The molecule has 0 radical (unpaired) electrons. The third-order valence-electron chi connectivity index (χ3n) is 6.98. The molecule has 0 spiro atoms. The maximum absolute atomic E-state index is 13.1. The molecule has 4 rings (SSSR count). The second-order valence-corrected chi connectivity index (χ2v) is 9.36. The fourth-order valence-electron chi connectivity index (χ4n) is 4.88. The highest BCUT2D eigenvalue weighted by atomic mass is 16.2. The summed E-state index contributed by atoms with van der Waals surface area (Å²) in [4.78, 5) is 54.9. The van der Waals surface area contributed by atoms with Crippen LogP contribution in [0.5, 0.6) is 0 Å². The molecule has 1 fully saturated rings. The van der Waals surface area contributed by atoms with Gasteiger partial charge in [0.15, 0.2) is 0 Å². The molecule has 2 aromatic heterocycles. The number of H-pyrrole nitrogens is 1. The van der Waals surface area contributed by atoms with Gasteiger partial charge in [0.05, 0.1) is 12.1 Å². The minimum Gasteiger partial charge on any atom is -0.361 e. The van der Waals surface area contributed by atoms with Crippen molar-refractivity contribution in [2.24, 2.45) is 5.92 Å². The number of nitrogens with zero attached hydrogens (tertiary/aromatic N) is 2. The van der Waals surface area contributed by atoms with Crippen molar-refractivity contribution in [2.75, 3.05) is 26.7 Å². The van der Waals surface area contributed by atoms with Gasteiger partial charge in [-0.2, -0.15) is 0 Å². The number of carbonyl (C=O) groups excluding carboxylic acids is 3. The summed E-state index contributed by atoms with van der Waals surface area (Å²) in [6.45, 7) is 3.94. The molecule has 0 bridgehead atoms. The Labute approximate surface area is 209 Å². The molecule has 0 saturated carbocycles. The van der Waals surface area contributed by atoms with Gasteiger partial charge in [-0.3, -0.25) is 19.2 Å². The van der Waals surface area contributed by atoms with Gasteiger partial charge in [0.25, 0.3) is 17.4 Å². The topological polar surface area (TPSA) is 116 Å². The first kappa shape index (κ1) is 25.2. The zero-order valence-electron chi connectivity index (χ0n) is 20.8. The van der Waals surface area contributed by atoms with Crippen molar-refractivity contribution in [3.8, 4) is 0 Å². The summed E-state index contributed by atoms with van der Waals surface area (Å²) >= 11 is 0. The van der Waals surface area contributed by atoms with Gasteiger partial charge in [-0.1, -0.05) is 12.1 Å². The van der Waals surface area contributed by atoms with Crippen molar-refractivity contribution in [3.05, 3.63) is 69.8 Å². The molecule has 3 N–H and O–H groups in total. The van der Waals surface area contributed by atoms with E-state index >= 15 is 0 Å². The van der Waals surface area contributed by atoms with Crippen molar-refractivity contribution in [3.63, 3.8) is 0 Å². The standard InChI is InChI=1S/C27H33N5O4/c1-18(33)31-13-9-19(10-14-31)5-4-11-30-25(34)21-15-23(26(35)28-2)27(36)32(17-21)16-20-6-3-7-24-22(20)8-12-29-24/h3,6-8,12,15,17,19,29H,4-5,9-11,13-14,16H2,1-2H3,(H,28,35)(H,30,34). The largest absolute Gasteiger partial charge is 0.361 e. The average molecular weight is 492 g/mol. The summed E-state index contributed by atoms with van der Waals surface area (Å²) in [7, 11) is 1.46. The van der Waals surface area contributed by atoms with Crippen molar-refractivity contribution in [2.45, 2.75) is 39.2 Å². The number of aromatic amines is 1. The Bertz CT molecular complexity index is 1320. The summed E-state index contributed by atoms with van der Waals surface area (Å²) in [5.74, 6) is -0.168. The Morgan fingerprint density at radius 1 is 1.11 bits per heavy atom. The third kappa shape index (κ3) is 5.67. The lowest BCUT2D eigenvalue weighted by atomic mass is 9.92. The lowest BCUT2D eigenvalue weighted by Crippen LogP contribution is -2.37. The van der Waals surface area contributed by atoms with Gasteiger partial charge < -0.3 is 25.1 Å². The second-order valence-electron chi connectivity index (χ2n) is 9.36. The smallest absolute Gasteiger partial charge is 0.263 e. The molecule has 36 heavy (non-hydrogen) atoms. The highest BCUT2D eigenvalue weighted by Crippen LogP contribution is 2.22. The molecule has 1 aliphatic rings. The predicted octanol–water partition coefficient (Wildman–Crippen LogP) is 2.51. The maximum atomic E-state index is 13.1. The number of nitrogens with one attached hydrogen (secondary N) is 3. The van der Waals surface area contributed by atoms with Crippen LogP contribution in [0.2, 0.25) is 0 Å². The number of aromatic nitrogens is 2. The van der Waals surface area contributed by atoms with E-state index in [9.17, 15) is 19.2 Å². The third-order valence-corrected chi connectivity index (χ3v) is 6.98. The normalized spacial score (nSPS) is 14.1. The lowest BCUT2D eigenvalue weighted by Gasteiger charge is -2.31. The van der Waals surface area contributed by atoms with Crippen molar-refractivity contribution in [1.82, 2.24) is 25.1 Å². The average Bonchev–Trinajstić information content (AvgIpc) is 3.37. The number of rotatable bonds is 8. The van der Waals surface area contributed by atoms with Crippen LogP contribution in [0, 0.1) is 5.92 Å². The lowest BCUT2D eigenvalue weighted by molar-refractivity contribution is -0.130. The molecule has 9 nitrogen and oxygen atoms in total. The molecule has 3 amide bonds. The Hall–Kier alpha value is -3.88. The Kier molecular flexibility index (Phi) is 7.87. The van der Waals surface area contributed by atoms with Gasteiger partial charge in [0.2, 0.25) is 5.91 Å². The summed E-state index contributed by atoms with van der Waals surface area (Å²) in [6.07, 6.45) is 7.14. The van der Waals surface area contributed by atoms with Crippen LogP contribution in [-0.4, -0.2) is 58.9 Å². The number of hydrogen-bond acceptors (Lipinski definition) is 4. The highest BCUT2D eigenvalue weighted by Gasteiger charge is 2.21. The van der Waals surface area contributed by atoms with Crippen molar-refractivity contribution in [1.29, 1.82) is 0 Å². The highest BCUT2D eigenvalue weighted by molar-refractivity contribution is 5.99. The first-order chi connectivity index (χ1) is 17.4. The van der Waals surface area contributed by atoms with Gasteiger partial charge in [-0.25, -0.2) is 0 Å². The monoisotopic (exact) mass is 491 g/mol. The first-order valence-corrected chi connectivity index (χ1v) is 12.4. The fraction of sp³-hybridized carbons (Fsp3) is 0.407. The van der Waals surface area contributed by atoms with E-state index in [1.54, 1.807) is 6.92 Å². The number of likely N-dealkylation sites (tertiary alicyclic amines) is 1. The van der Waals surface area contributed by atoms with Crippen LogP contribution in [-0.2, 0) is 11.3 Å². The van der Waals surface area contributed by atoms with Crippen LogP contribution in [0.25, 0.3) is 10.9 Å². The van der Waals surface area contributed by atoms with Crippen molar-refractivity contribution >= 4 is 28.6 Å². The quantitative estimate of drug-likeness (QED) is 0.420. The molecular weight excluding hydrogens is 458 g/mol. The van der Waals surface area contributed by atoms with E-state index < -0.39 is 11.5 Å². The zero-order valence-corrected chi connectivity index (χ0v) is 20.8. The molecule has 0 aliphatic carbocycles. The molecule has 0 unspecified atom stereocenters. The van der Waals surface area contributed by atoms with Crippen molar-refractivity contribution < 1.29 is 14.4 Å². The second kappa shape index (κ2) is 11.2. The number of fused-ring (bicyclic) bond motifs is 1. The Balaban J connectivity index is 1.44. The molecule has 1 aromatic carbocycles. The molecule has 0 atom stereocenters. The Morgan fingerprint density at radius 2 is 1.89 bits per heavy atom. The van der Waals surface area contributed by atoms with E-state index in [1.807, 2.05) is 35.4 Å². The predicted molar refractivity (Wildman–Crippen MR) is 138 cm³/mol. The molecule has 190 valence electrons. The minimum atomic E-state index is -0.528. The van der Waals surface area contributed by atoms with Gasteiger partial charge in [-0.05, 0) is 55.4 Å². The summed E-state index contributed by atoms with van der Waals surface area (Å²) in [5.41, 5.74) is 1.61. The number of piperidine rings is 1. The molecule has 3 aromatic rings. The Morgan fingerprint density at radius 3 is 2.61 bits per heavy atom. The summed E-state index contributed by atoms with van der Waals surface area (Å²) in [5, 5.41) is 6.40. The summed E-state index contributed by atoms with van der Waals surface area (Å²) < 4.78 is 1.42. The minimum absolute atomic E-state index is 0.0661. The molecule has 1 aliphatic heterocycles. The number of benzene rings is 1. The van der Waals surface area contributed by atoms with Gasteiger partial charge in [0.1, 0.15) is 5.56 Å².